The van der Waals surface area contributed by atoms with Crippen LogP contribution in [0, 0.1) is 0 Å². The van der Waals surface area contributed by atoms with E-state index in [2.05, 4.69) is 30.4 Å². The number of hydrogen-bond acceptors (Lipinski definition) is 9. The summed E-state index contributed by atoms with van der Waals surface area (Å²) < 4.78 is 73.2. The number of ether oxygens (including phenoxy) is 1. The molecule has 0 aliphatic carbocycles. The first-order chi connectivity index (χ1) is 14.9. The van der Waals surface area contributed by atoms with E-state index >= 15 is 0 Å². The number of sulfone groups is 1. The zero-order valence-corrected chi connectivity index (χ0v) is 20.4. The molecule has 0 N–H and O–H groups in total. The topological polar surface area (TPSA) is 104 Å². The Kier molecular flexibility index (Phi) is 7.31. The lowest BCUT2D eigenvalue weighted by Gasteiger charge is -2.05. The Hall–Kier alpha value is -1.97. The number of nitrogens with zero attached hydrogens (tertiary/aromatic N) is 4. The van der Waals surface area contributed by atoms with Crippen molar-refractivity contribution in [2.45, 2.75) is 17.6 Å². The van der Waals surface area contributed by atoms with Gasteiger partial charge >= 0.3 is 12.1 Å². The molecule has 8 nitrogen and oxygen atoms in total. The largest absolute Gasteiger partial charge is 0.453 e. The molecule has 15 heteroatoms. The second-order valence-electron chi connectivity index (χ2n) is 6.31. The third kappa shape index (κ3) is 5.50. The van der Waals surface area contributed by atoms with Crippen LogP contribution in [0.15, 0.2) is 33.6 Å². The number of aromatic nitrogens is 4. The van der Waals surface area contributed by atoms with Gasteiger partial charge in [0.1, 0.15) is 23.2 Å². The molecule has 3 rings (SSSR count). The Morgan fingerprint density at radius 1 is 1.34 bits per heavy atom. The van der Waals surface area contributed by atoms with Crippen LogP contribution in [0.4, 0.5) is 13.2 Å². The molecule has 2 aromatic heterocycles. The Labute approximate surface area is 197 Å². The Bertz CT molecular complexity index is 1260. The molecule has 0 saturated carbocycles. The first-order valence-corrected chi connectivity index (χ1v) is 13.4. The van der Waals surface area contributed by atoms with Crippen LogP contribution in [0.25, 0.3) is 22.1 Å². The molecule has 0 unspecified atom stereocenters. The van der Waals surface area contributed by atoms with Crippen LogP contribution in [0.1, 0.15) is 5.69 Å². The lowest BCUT2D eigenvalue weighted by Crippen LogP contribution is -2.16. The minimum Gasteiger partial charge on any atom is -0.453 e. The summed E-state index contributed by atoms with van der Waals surface area (Å²) in [6, 6.07) is 5.94. The van der Waals surface area contributed by atoms with Gasteiger partial charge < -0.3 is 4.74 Å². The molecule has 3 aromatic rings. The average molecular weight is 571 g/mol. The molecule has 0 radical (unpaired) electrons. The van der Waals surface area contributed by atoms with Crippen LogP contribution in [0.2, 0.25) is 0 Å². The van der Waals surface area contributed by atoms with Crippen LogP contribution in [0.3, 0.4) is 0 Å². The van der Waals surface area contributed by atoms with Gasteiger partial charge in [-0.3, -0.25) is 4.79 Å². The molecule has 0 atom stereocenters. The predicted octanol–water partition coefficient (Wildman–Crippen LogP) is 4.12. The highest BCUT2D eigenvalue weighted by molar-refractivity contribution is 9.10. The van der Waals surface area contributed by atoms with Crippen molar-refractivity contribution in [2.24, 2.45) is 0 Å². The van der Waals surface area contributed by atoms with Crippen molar-refractivity contribution in [1.29, 1.82) is 0 Å². The van der Waals surface area contributed by atoms with E-state index in [0.717, 1.165) is 22.5 Å². The number of carbonyl (C=O) groups is 1. The molecule has 0 spiro atoms. The number of hydrogen-bond donors (Lipinski definition) is 0. The van der Waals surface area contributed by atoms with E-state index in [1.165, 1.54) is 30.0 Å². The van der Waals surface area contributed by atoms with E-state index in [9.17, 15) is 26.4 Å². The molecular formula is C17H14BrF3N4O4S3. The lowest BCUT2D eigenvalue weighted by atomic mass is 10.2. The number of carbonyl (C=O) groups excluding carboxylic acids is 1. The van der Waals surface area contributed by atoms with Gasteiger partial charge in [-0.2, -0.15) is 22.6 Å². The molecule has 0 fully saturated rings. The van der Waals surface area contributed by atoms with Crippen molar-refractivity contribution < 1.29 is 31.1 Å². The van der Waals surface area contributed by atoms with Crippen molar-refractivity contribution in [3.8, 4) is 22.1 Å². The molecule has 0 aliphatic rings. The van der Waals surface area contributed by atoms with Crippen molar-refractivity contribution in [3.63, 3.8) is 0 Å². The minimum absolute atomic E-state index is 0.0402. The standard InChI is InChI=1S/C17H14BrF3N4O4S3/c1-30-8-29-11(26)7-25-13(12(18)14(23-25)17(19,20)21)15-22-16(31-24-15)9-4-3-5-10(6-9)32(2,27)28/h3-6H,7-8H2,1-2H3. The smallest absolute Gasteiger partial charge is 0.436 e. The third-order valence-corrected chi connectivity index (χ3v) is 6.91. The molecule has 32 heavy (non-hydrogen) atoms. The summed E-state index contributed by atoms with van der Waals surface area (Å²) in [6.07, 6.45) is -2.03. The Balaban J connectivity index is 2.05. The van der Waals surface area contributed by atoms with Gasteiger partial charge in [0.25, 0.3) is 0 Å². The summed E-state index contributed by atoms with van der Waals surface area (Å²) in [6.45, 7) is -0.581. The highest BCUT2D eigenvalue weighted by Gasteiger charge is 2.40. The van der Waals surface area contributed by atoms with E-state index in [1.54, 1.807) is 12.3 Å². The fourth-order valence-electron chi connectivity index (χ4n) is 2.54. The zero-order chi connectivity index (χ0) is 23.7. The summed E-state index contributed by atoms with van der Waals surface area (Å²) in [5.74, 6) is -0.846. The highest BCUT2D eigenvalue weighted by Crippen LogP contribution is 2.40. The van der Waals surface area contributed by atoms with Crippen molar-refractivity contribution in [2.75, 3.05) is 18.5 Å². The number of alkyl halides is 3. The molecule has 172 valence electrons. The van der Waals surface area contributed by atoms with Gasteiger partial charge in [0.15, 0.2) is 21.4 Å². The average Bonchev–Trinajstić information content (AvgIpc) is 3.30. The monoisotopic (exact) mass is 570 g/mol. The first-order valence-electron chi connectivity index (χ1n) is 8.54. The summed E-state index contributed by atoms with van der Waals surface area (Å²) in [4.78, 5) is 16.3. The lowest BCUT2D eigenvalue weighted by molar-refractivity contribution is -0.145. The van der Waals surface area contributed by atoms with Crippen LogP contribution < -0.4 is 0 Å². The van der Waals surface area contributed by atoms with Gasteiger partial charge in [-0.25, -0.2) is 18.1 Å². The maximum absolute atomic E-state index is 13.4. The van der Waals surface area contributed by atoms with Crippen LogP contribution in [0.5, 0.6) is 0 Å². The SMILES string of the molecule is CSCOC(=O)Cn1nc(C(F)(F)F)c(Br)c1-c1nsc(-c2cccc(S(C)(=O)=O)c2)n1. The number of benzene rings is 1. The summed E-state index contributed by atoms with van der Waals surface area (Å²) in [5, 5.41) is 3.80. The van der Waals surface area contributed by atoms with E-state index < -0.39 is 38.7 Å². The van der Waals surface area contributed by atoms with E-state index in [0.29, 0.717) is 5.56 Å². The van der Waals surface area contributed by atoms with Crippen LogP contribution >= 0.6 is 39.2 Å². The molecule has 0 amide bonds. The van der Waals surface area contributed by atoms with Crippen molar-refractivity contribution in [1.82, 2.24) is 19.1 Å². The first kappa shape index (κ1) is 24.7. The molecule has 1 aromatic carbocycles. The number of rotatable bonds is 7. The predicted molar refractivity (Wildman–Crippen MR) is 117 cm³/mol. The van der Waals surface area contributed by atoms with Gasteiger partial charge in [-0.05, 0) is 45.9 Å². The Morgan fingerprint density at radius 2 is 2.06 bits per heavy atom. The fourth-order valence-corrected chi connectivity index (χ4v) is 4.80. The van der Waals surface area contributed by atoms with Gasteiger partial charge in [0.05, 0.1) is 9.37 Å². The van der Waals surface area contributed by atoms with E-state index in [4.69, 9.17) is 4.74 Å². The molecule has 0 saturated heterocycles. The molecule has 2 heterocycles. The van der Waals surface area contributed by atoms with Crippen molar-refractivity contribution in [3.05, 3.63) is 34.4 Å². The second-order valence-corrected chi connectivity index (χ2v) is 10.7. The van der Waals surface area contributed by atoms with Crippen LogP contribution in [-0.4, -0.2) is 52.0 Å². The number of halogens is 4. The molecular weight excluding hydrogens is 557 g/mol. The van der Waals surface area contributed by atoms with Gasteiger partial charge in [0.2, 0.25) is 0 Å². The summed E-state index contributed by atoms with van der Waals surface area (Å²) in [5.41, 5.74) is -0.963. The van der Waals surface area contributed by atoms with Crippen LogP contribution in [-0.2, 0) is 32.1 Å². The molecule has 0 bridgehead atoms. The quantitative estimate of drug-likeness (QED) is 0.308. The fraction of sp³-hybridized carbons (Fsp3) is 0.294. The van der Waals surface area contributed by atoms with E-state index in [-0.39, 0.29) is 27.4 Å². The highest BCUT2D eigenvalue weighted by atomic mass is 79.9. The number of esters is 1. The maximum atomic E-state index is 13.4. The summed E-state index contributed by atoms with van der Waals surface area (Å²) in [7, 11) is -3.47. The number of thioether (sulfide) groups is 1. The molecule has 0 aliphatic heterocycles. The minimum atomic E-state index is -4.79. The van der Waals surface area contributed by atoms with Gasteiger partial charge in [0, 0.05) is 11.8 Å². The van der Waals surface area contributed by atoms with E-state index in [1.807, 2.05) is 0 Å². The normalized spacial score (nSPS) is 12.2. The zero-order valence-electron chi connectivity index (χ0n) is 16.4. The maximum Gasteiger partial charge on any atom is 0.436 e. The third-order valence-electron chi connectivity index (χ3n) is 3.93. The van der Waals surface area contributed by atoms with Gasteiger partial charge in [-0.1, -0.05) is 12.1 Å². The second kappa shape index (κ2) is 9.49. The van der Waals surface area contributed by atoms with Crippen molar-refractivity contribution >= 4 is 55.0 Å². The Morgan fingerprint density at radius 3 is 2.69 bits per heavy atom. The summed E-state index contributed by atoms with van der Waals surface area (Å²) >= 11 is 5.00. The van der Waals surface area contributed by atoms with Gasteiger partial charge in [-0.15, -0.1) is 11.8 Å².